The first-order chi connectivity index (χ1) is 8.64. The van der Waals surface area contributed by atoms with Gasteiger partial charge in [-0.3, -0.25) is 0 Å². The van der Waals surface area contributed by atoms with Gasteiger partial charge in [-0.2, -0.15) is 0 Å². The molecule has 0 aliphatic heterocycles. The number of benzene rings is 1. The Hall–Kier alpha value is -1.56. The van der Waals surface area contributed by atoms with Gasteiger partial charge in [0.15, 0.2) is 9.84 Å². The first-order valence-electron chi connectivity index (χ1n) is 5.93. The summed E-state index contributed by atoms with van der Waals surface area (Å²) in [6, 6.07) is 6.45. The molecule has 0 spiro atoms. The Bertz CT molecular complexity index is 578. The lowest BCUT2D eigenvalue weighted by atomic mass is 10.0. The number of carboxylic acid groups (broad SMARTS) is 1. The molecule has 106 valence electrons. The molecule has 1 N–H and O–H groups in total. The molecule has 0 heterocycles. The van der Waals surface area contributed by atoms with E-state index in [9.17, 15) is 18.3 Å². The van der Waals surface area contributed by atoms with Crippen LogP contribution in [-0.4, -0.2) is 37.8 Å². The maximum atomic E-state index is 12.0. The van der Waals surface area contributed by atoms with E-state index in [1.54, 1.807) is 32.2 Å². The average Bonchev–Trinajstić information content (AvgIpc) is 2.37. The molecule has 5 nitrogen and oxygen atoms in total. The van der Waals surface area contributed by atoms with E-state index in [1.807, 2.05) is 0 Å². The van der Waals surface area contributed by atoms with Gasteiger partial charge in [-0.05, 0) is 26.0 Å². The molecule has 0 aliphatic rings. The molecule has 0 bridgehead atoms. The Labute approximate surface area is 113 Å². The molecule has 0 fully saturated rings. The van der Waals surface area contributed by atoms with Crippen molar-refractivity contribution in [2.75, 3.05) is 17.7 Å². The average molecular weight is 285 g/mol. The Morgan fingerprint density at radius 2 is 1.84 bits per heavy atom. The van der Waals surface area contributed by atoms with E-state index in [0.29, 0.717) is 5.69 Å². The maximum Gasteiger partial charge on any atom is 0.328 e. The lowest BCUT2D eigenvalue weighted by molar-refractivity contribution is -0.142. The molecule has 0 saturated carbocycles. The Balaban J connectivity index is 3.42. The van der Waals surface area contributed by atoms with Gasteiger partial charge in [0.1, 0.15) is 5.54 Å². The Morgan fingerprint density at radius 1 is 1.32 bits per heavy atom. The Kier molecular flexibility index (Phi) is 4.25. The minimum Gasteiger partial charge on any atom is -0.480 e. The third-order valence-corrected chi connectivity index (χ3v) is 5.08. The second kappa shape index (κ2) is 5.21. The van der Waals surface area contributed by atoms with E-state index in [2.05, 4.69) is 0 Å². The summed E-state index contributed by atoms with van der Waals surface area (Å²) < 4.78 is 24.1. The summed E-state index contributed by atoms with van der Waals surface area (Å²) in [7, 11) is -1.81. The van der Waals surface area contributed by atoms with Gasteiger partial charge in [-0.1, -0.05) is 19.1 Å². The van der Waals surface area contributed by atoms with E-state index in [1.165, 1.54) is 24.8 Å². The van der Waals surface area contributed by atoms with Crippen LogP contribution in [0.5, 0.6) is 0 Å². The number of hydrogen-bond acceptors (Lipinski definition) is 4. The number of likely N-dealkylation sites (N-methyl/N-ethyl adjacent to an activating group) is 1. The predicted molar refractivity (Wildman–Crippen MR) is 74.3 cm³/mol. The number of carbonyl (C=O) groups is 1. The van der Waals surface area contributed by atoms with Gasteiger partial charge >= 0.3 is 5.97 Å². The highest BCUT2D eigenvalue weighted by Gasteiger charge is 2.34. The smallest absolute Gasteiger partial charge is 0.328 e. The highest BCUT2D eigenvalue weighted by atomic mass is 32.2. The second-order valence-electron chi connectivity index (χ2n) is 4.79. The topological polar surface area (TPSA) is 74.7 Å². The van der Waals surface area contributed by atoms with Crippen molar-refractivity contribution < 1.29 is 18.3 Å². The summed E-state index contributed by atoms with van der Waals surface area (Å²) in [6.45, 7) is 4.63. The SMILES string of the molecule is CCS(=O)(=O)c1ccccc1N(C)C(C)(C)C(=O)O. The third kappa shape index (κ3) is 2.89. The summed E-state index contributed by atoms with van der Waals surface area (Å²) in [4.78, 5) is 12.9. The molecule has 6 heteroatoms. The largest absolute Gasteiger partial charge is 0.480 e. The number of hydrogen-bond donors (Lipinski definition) is 1. The molecule has 0 saturated heterocycles. The number of para-hydroxylation sites is 1. The molecule has 0 aromatic heterocycles. The summed E-state index contributed by atoms with van der Waals surface area (Å²) in [5.41, 5.74) is -0.795. The Morgan fingerprint density at radius 3 is 2.32 bits per heavy atom. The molecule has 0 aliphatic carbocycles. The van der Waals surface area contributed by atoms with Crippen LogP contribution in [0.4, 0.5) is 5.69 Å². The summed E-state index contributed by atoms with van der Waals surface area (Å²) in [5, 5.41) is 9.23. The van der Waals surface area contributed by atoms with Gasteiger partial charge in [0.05, 0.1) is 16.3 Å². The first kappa shape index (κ1) is 15.5. The molecule has 0 amide bonds. The van der Waals surface area contributed by atoms with Crippen molar-refractivity contribution in [2.24, 2.45) is 0 Å². The van der Waals surface area contributed by atoms with Crippen LogP contribution in [0.25, 0.3) is 0 Å². The van der Waals surface area contributed by atoms with Crippen LogP contribution in [0.3, 0.4) is 0 Å². The van der Waals surface area contributed by atoms with Gasteiger partial charge in [0.25, 0.3) is 0 Å². The van der Waals surface area contributed by atoms with E-state index < -0.39 is 21.3 Å². The van der Waals surface area contributed by atoms with Gasteiger partial charge in [0.2, 0.25) is 0 Å². The van der Waals surface area contributed by atoms with Crippen molar-refractivity contribution in [1.29, 1.82) is 0 Å². The lowest BCUT2D eigenvalue weighted by Gasteiger charge is -2.34. The van der Waals surface area contributed by atoms with Crippen LogP contribution in [-0.2, 0) is 14.6 Å². The fraction of sp³-hybridized carbons (Fsp3) is 0.462. The third-order valence-electron chi connectivity index (χ3n) is 3.30. The van der Waals surface area contributed by atoms with Crippen molar-refractivity contribution in [3.05, 3.63) is 24.3 Å². The minimum absolute atomic E-state index is 0.0225. The fourth-order valence-corrected chi connectivity index (χ4v) is 2.72. The predicted octanol–water partition coefficient (Wildman–Crippen LogP) is 1.78. The van der Waals surface area contributed by atoms with Crippen LogP contribution in [0.15, 0.2) is 29.2 Å². The zero-order chi connectivity index (χ0) is 14.8. The molecule has 0 radical (unpaired) electrons. The van der Waals surface area contributed by atoms with E-state index >= 15 is 0 Å². The van der Waals surface area contributed by atoms with Crippen molar-refractivity contribution in [3.63, 3.8) is 0 Å². The second-order valence-corrected chi connectivity index (χ2v) is 7.04. The highest BCUT2D eigenvalue weighted by Crippen LogP contribution is 2.30. The number of carboxylic acids is 1. The van der Waals surface area contributed by atoms with Gasteiger partial charge in [-0.15, -0.1) is 0 Å². The quantitative estimate of drug-likeness (QED) is 0.892. The van der Waals surface area contributed by atoms with E-state index in [4.69, 9.17) is 0 Å². The highest BCUT2D eigenvalue weighted by molar-refractivity contribution is 7.91. The summed E-state index contributed by atoms with van der Waals surface area (Å²) >= 11 is 0. The molecule has 1 rings (SSSR count). The standard InChI is InChI=1S/C13H19NO4S/c1-5-19(17,18)11-9-7-6-8-10(11)14(4)13(2,3)12(15)16/h6-9H,5H2,1-4H3,(H,15,16). The lowest BCUT2D eigenvalue weighted by Crippen LogP contribution is -2.48. The van der Waals surface area contributed by atoms with Crippen molar-refractivity contribution in [3.8, 4) is 0 Å². The van der Waals surface area contributed by atoms with Gasteiger partial charge in [-0.25, -0.2) is 13.2 Å². The number of sulfone groups is 1. The zero-order valence-corrected chi connectivity index (χ0v) is 12.4. The van der Waals surface area contributed by atoms with Crippen molar-refractivity contribution in [2.45, 2.75) is 31.2 Å². The zero-order valence-electron chi connectivity index (χ0n) is 11.5. The summed E-state index contributed by atoms with van der Waals surface area (Å²) in [5.74, 6) is -1.04. The number of anilines is 1. The number of rotatable bonds is 5. The number of nitrogens with zero attached hydrogens (tertiary/aromatic N) is 1. The number of aliphatic carboxylic acids is 1. The van der Waals surface area contributed by atoms with Gasteiger partial charge in [0, 0.05) is 7.05 Å². The molecular weight excluding hydrogens is 266 g/mol. The molecule has 1 aromatic rings. The van der Waals surface area contributed by atoms with Crippen molar-refractivity contribution in [1.82, 2.24) is 0 Å². The first-order valence-corrected chi connectivity index (χ1v) is 7.59. The van der Waals surface area contributed by atoms with Gasteiger partial charge < -0.3 is 10.0 Å². The van der Waals surface area contributed by atoms with E-state index in [-0.39, 0.29) is 10.6 Å². The van der Waals surface area contributed by atoms with Crippen LogP contribution < -0.4 is 4.90 Å². The molecule has 1 aromatic carbocycles. The maximum absolute atomic E-state index is 12.0. The monoisotopic (exact) mass is 285 g/mol. The van der Waals surface area contributed by atoms with E-state index in [0.717, 1.165) is 0 Å². The molecule has 0 atom stereocenters. The summed E-state index contributed by atoms with van der Waals surface area (Å²) in [6.07, 6.45) is 0. The minimum atomic E-state index is -3.39. The van der Waals surface area contributed by atoms with Crippen LogP contribution in [0.1, 0.15) is 20.8 Å². The van der Waals surface area contributed by atoms with Crippen LogP contribution >= 0.6 is 0 Å². The molecule has 19 heavy (non-hydrogen) atoms. The van der Waals surface area contributed by atoms with Crippen molar-refractivity contribution >= 4 is 21.5 Å². The normalized spacial score (nSPS) is 12.2. The molecule has 0 unspecified atom stereocenters. The van der Waals surface area contributed by atoms with Crippen LogP contribution in [0.2, 0.25) is 0 Å². The van der Waals surface area contributed by atoms with Crippen LogP contribution in [0, 0.1) is 0 Å². The fourth-order valence-electron chi connectivity index (χ4n) is 1.60. The molecular formula is C13H19NO4S.